The zero-order valence-electron chi connectivity index (χ0n) is 3.47. The van der Waals surface area contributed by atoms with Gasteiger partial charge in [0, 0.05) is 0 Å². The molecule has 0 aromatic rings. The van der Waals surface area contributed by atoms with Crippen LogP contribution in [0.25, 0.3) is 0 Å². The molecule has 2 aliphatic rings. The maximum atomic E-state index is 3.09. The van der Waals surface area contributed by atoms with Gasteiger partial charge in [0.15, 0.2) is 0 Å². The minimum Gasteiger partial charge on any atom is -0.240 e. The first-order valence-electron chi connectivity index (χ1n) is 2.04. The molecule has 2 fully saturated rings. The van der Waals surface area contributed by atoms with E-state index in [1.807, 2.05) is 0 Å². The van der Waals surface area contributed by atoms with Crippen molar-refractivity contribution in [2.75, 3.05) is 0 Å². The van der Waals surface area contributed by atoms with Gasteiger partial charge in [-0.1, -0.05) is 0 Å². The third kappa shape index (κ3) is 0.569. The number of rotatable bonds is 0. The van der Waals surface area contributed by atoms with E-state index in [0.717, 1.165) is 0 Å². The van der Waals surface area contributed by atoms with Crippen molar-refractivity contribution >= 4 is 23.9 Å². The Morgan fingerprint density at radius 3 is 1.86 bits per heavy atom. The summed E-state index contributed by atoms with van der Waals surface area (Å²) >= 11 is 3.46. The number of nitrogens with one attached hydrogen (secondary N) is 3. The zero-order chi connectivity index (χ0) is 4.69. The SMILES string of the molecule is N1SC2NNC2S1. The third-order valence-electron chi connectivity index (χ3n) is 0.993. The maximum Gasteiger partial charge on any atom is 0.109 e. The molecule has 0 bridgehead atoms. The van der Waals surface area contributed by atoms with Crippen LogP contribution in [0.2, 0.25) is 0 Å². The highest BCUT2D eigenvalue weighted by atomic mass is 32.2. The Morgan fingerprint density at radius 1 is 1.00 bits per heavy atom. The number of hydrogen-bond donors (Lipinski definition) is 3. The van der Waals surface area contributed by atoms with Crippen molar-refractivity contribution in [1.29, 1.82) is 0 Å². The molecular weight excluding hydrogens is 130 g/mol. The number of hydrogen-bond acceptors (Lipinski definition) is 5. The fourth-order valence-corrected chi connectivity index (χ4v) is 2.56. The fourth-order valence-electron chi connectivity index (χ4n) is 0.533. The molecule has 0 aliphatic carbocycles. The van der Waals surface area contributed by atoms with Gasteiger partial charge in [-0.05, 0) is 23.9 Å². The van der Waals surface area contributed by atoms with Crippen LogP contribution in [0.1, 0.15) is 0 Å². The molecule has 3 N–H and O–H groups in total. The molecule has 2 atom stereocenters. The minimum absolute atomic E-state index is 0.602. The van der Waals surface area contributed by atoms with Crippen molar-refractivity contribution in [3.63, 3.8) is 0 Å². The lowest BCUT2D eigenvalue weighted by Crippen LogP contribution is -2.61. The van der Waals surface area contributed by atoms with Gasteiger partial charge in [0.2, 0.25) is 0 Å². The Kier molecular flexibility index (Phi) is 0.973. The molecule has 3 nitrogen and oxygen atoms in total. The van der Waals surface area contributed by atoms with E-state index in [-0.39, 0.29) is 0 Å². The molecule has 0 spiro atoms. The predicted octanol–water partition coefficient (Wildman–Crippen LogP) is -0.354. The summed E-state index contributed by atoms with van der Waals surface area (Å²) in [5.74, 6) is 0. The van der Waals surface area contributed by atoms with Crippen molar-refractivity contribution < 1.29 is 0 Å². The highest BCUT2D eigenvalue weighted by molar-refractivity contribution is 8.16. The maximum absolute atomic E-state index is 3.09. The Labute approximate surface area is 50.2 Å². The summed E-state index contributed by atoms with van der Waals surface area (Å²) in [5.41, 5.74) is 6.07. The van der Waals surface area contributed by atoms with Crippen LogP contribution in [0.3, 0.4) is 0 Å². The number of hydrazine groups is 1. The van der Waals surface area contributed by atoms with Crippen LogP contribution in [-0.2, 0) is 0 Å². The smallest absolute Gasteiger partial charge is 0.109 e. The molecule has 0 aromatic heterocycles. The third-order valence-corrected chi connectivity index (χ3v) is 3.22. The molecule has 0 amide bonds. The Balaban J connectivity index is 2.03. The molecule has 0 saturated carbocycles. The van der Waals surface area contributed by atoms with E-state index in [0.29, 0.717) is 10.7 Å². The first kappa shape index (κ1) is 4.46. The summed E-state index contributed by atoms with van der Waals surface area (Å²) in [6.07, 6.45) is 0. The number of fused-ring (bicyclic) bond motifs is 1. The summed E-state index contributed by atoms with van der Waals surface area (Å²) in [6, 6.07) is 0. The lowest BCUT2D eigenvalue weighted by molar-refractivity contribution is 0.362. The Morgan fingerprint density at radius 2 is 1.57 bits per heavy atom. The van der Waals surface area contributed by atoms with Gasteiger partial charge in [-0.3, -0.25) is 0 Å². The van der Waals surface area contributed by atoms with Crippen LogP contribution in [-0.4, -0.2) is 10.7 Å². The molecule has 2 heterocycles. The molecule has 2 aliphatic heterocycles. The van der Waals surface area contributed by atoms with Crippen molar-refractivity contribution in [2.45, 2.75) is 10.7 Å². The summed E-state index contributed by atoms with van der Waals surface area (Å²) in [6.45, 7) is 0. The lowest BCUT2D eigenvalue weighted by Gasteiger charge is -2.29. The van der Waals surface area contributed by atoms with Crippen molar-refractivity contribution in [3.05, 3.63) is 0 Å². The second kappa shape index (κ2) is 1.53. The van der Waals surface area contributed by atoms with Gasteiger partial charge in [0.05, 0.1) is 0 Å². The molecule has 2 saturated heterocycles. The first-order valence-corrected chi connectivity index (χ1v) is 3.80. The van der Waals surface area contributed by atoms with Gasteiger partial charge in [-0.25, -0.2) is 15.0 Å². The standard InChI is InChI=1S/C2H5N3S2/c3-1-2(4-3)7-5-6-1/h1-5H. The summed E-state index contributed by atoms with van der Waals surface area (Å²) in [7, 11) is 0. The van der Waals surface area contributed by atoms with Crippen molar-refractivity contribution in [2.24, 2.45) is 0 Å². The zero-order valence-corrected chi connectivity index (χ0v) is 5.10. The largest absolute Gasteiger partial charge is 0.240 e. The minimum atomic E-state index is 0.602. The molecular formula is C2H5N3S2. The van der Waals surface area contributed by atoms with E-state index in [1.165, 1.54) is 0 Å². The van der Waals surface area contributed by atoms with Gasteiger partial charge >= 0.3 is 0 Å². The summed E-state index contributed by atoms with van der Waals surface area (Å²) in [5, 5.41) is 1.20. The van der Waals surface area contributed by atoms with E-state index in [2.05, 4.69) is 15.0 Å². The van der Waals surface area contributed by atoms with E-state index < -0.39 is 0 Å². The van der Waals surface area contributed by atoms with Gasteiger partial charge in [0.25, 0.3) is 0 Å². The summed E-state index contributed by atoms with van der Waals surface area (Å²) in [4.78, 5) is 0. The molecule has 2 unspecified atom stereocenters. The molecule has 2 rings (SSSR count). The lowest BCUT2D eigenvalue weighted by atomic mass is 10.6. The van der Waals surface area contributed by atoms with E-state index in [4.69, 9.17) is 0 Å². The van der Waals surface area contributed by atoms with Crippen LogP contribution >= 0.6 is 23.9 Å². The van der Waals surface area contributed by atoms with Gasteiger partial charge in [-0.2, -0.15) is 0 Å². The monoisotopic (exact) mass is 135 g/mol. The predicted molar refractivity (Wildman–Crippen MR) is 32.2 cm³/mol. The van der Waals surface area contributed by atoms with Crippen LogP contribution in [0.5, 0.6) is 0 Å². The van der Waals surface area contributed by atoms with Gasteiger partial charge < -0.3 is 0 Å². The van der Waals surface area contributed by atoms with Crippen molar-refractivity contribution in [3.8, 4) is 0 Å². The quantitative estimate of drug-likeness (QED) is 0.396. The highest BCUT2D eigenvalue weighted by Gasteiger charge is 2.36. The second-order valence-electron chi connectivity index (χ2n) is 1.45. The van der Waals surface area contributed by atoms with E-state index in [1.54, 1.807) is 23.9 Å². The van der Waals surface area contributed by atoms with Crippen LogP contribution in [0.4, 0.5) is 0 Å². The first-order chi connectivity index (χ1) is 3.47. The van der Waals surface area contributed by atoms with Crippen molar-refractivity contribution in [1.82, 2.24) is 15.0 Å². The fraction of sp³-hybridized carbons (Fsp3) is 1.00. The highest BCUT2D eigenvalue weighted by Crippen LogP contribution is 2.31. The second-order valence-corrected chi connectivity index (χ2v) is 3.60. The summed E-state index contributed by atoms with van der Waals surface area (Å²) < 4.78 is 3.09. The van der Waals surface area contributed by atoms with Crippen LogP contribution in [0, 0.1) is 0 Å². The molecule has 40 valence electrons. The normalized spacial score (nSPS) is 48.0. The molecule has 0 aromatic carbocycles. The average molecular weight is 135 g/mol. The Bertz CT molecular complexity index is 77.0. The average Bonchev–Trinajstić information content (AvgIpc) is 1.85. The Hall–Kier alpha value is 0.580. The molecule has 7 heavy (non-hydrogen) atoms. The van der Waals surface area contributed by atoms with Gasteiger partial charge in [0.1, 0.15) is 10.7 Å². The molecule has 5 heteroatoms. The topological polar surface area (TPSA) is 36.1 Å². The molecule has 0 radical (unpaired) electrons. The van der Waals surface area contributed by atoms with Crippen LogP contribution in [0.15, 0.2) is 0 Å². The van der Waals surface area contributed by atoms with E-state index >= 15 is 0 Å². The van der Waals surface area contributed by atoms with Crippen LogP contribution < -0.4 is 15.0 Å². The van der Waals surface area contributed by atoms with Gasteiger partial charge in [-0.15, -0.1) is 0 Å². The van der Waals surface area contributed by atoms with E-state index in [9.17, 15) is 0 Å².